The monoisotopic (exact) mass is 215 g/mol. The molecule has 1 fully saturated rings. The van der Waals surface area contributed by atoms with Gasteiger partial charge in [0.2, 0.25) is 0 Å². The molecule has 2 rings (SSSR count). The fourth-order valence-corrected chi connectivity index (χ4v) is 1.38. The summed E-state index contributed by atoms with van der Waals surface area (Å²) in [5, 5.41) is 10.4. The molecule has 7 heteroatoms. The smallest absolute Gasteiger partial charge is 0.543 e. The molecule has 0 atom stereocenters. The Balaban J connectivity index is 0.00000128. The van der Waals surface area contributed by atoms with Crippen LogP contribution in [0.25, 0.3) is 0 Å². The number of morpholine rings is 1. The van der Waals surface area contributed by atoms with Crippen molar-refractivity contribution in [1.29, 1.82) is 0 Å². The van der Waals surface area contributed by atoms with Gasteiger partial charge in [-0.2, -0.15) is 0 Å². The number of rotatable bonds is 2. The van der Waals surface area contributed by atoms with Crippen molar-refractivity contribution in [2.45, 2.75) is 0 Å². The minimum atomic E-state index is -1.31. The number of carbonyl (C=O) groups is 1. The Morgan fingerprint density at radius 2 is 2.00 bits per heavy atom. The van der Waals surface area contributed by atoms with Crippen molar-refractivity contribution in [1.82, 2.24) is 9.97 Å². The van der Waals surface area contributed by atoms with Crippen molar-refractivity contribution in [2.24, 2.45) is 0 Å². The molecule has 0 spiro atoms. The number of aromatic nitrogens is 2. The Kier molecular flexibility index (Phi) is 4.74. The maximum Gasteiger partial charge on any atom is 1.00 e. The Morgan fingerprint density at radius 3 is 2.50 bits per heavy atom. The molecule has 1 aromatic rings. The van der Waals surface area contributed by atoms with Gasteiger partial charge in [-0.05, 0) is 0 Å². The van der Waals surface area contributed by atoms with E-state index in [1.165, 1.54) is 12.4 Å². The third kappa shape index (κ3) is 2.95. The summed E-state index contributed by atoms with van der Waals surface area (Å²) in [5.41, 5.74) is -0.146. The second-order valence-electron chi connectivity index (χ2n) is 3.15. The molecule has 0 bridgehead atoms. The van der Waals surface area contributed by atoms with E-state index in [1.54, 1.807) is 0 Å². The summed E-state index contributed by atoms with van der Waals surface area (Å²) >= 11 is 0. The van der Waals surface area contributed by atoms with E-state index < -0.39 is 5.97 Å². The molecule has 0 amide bonds. The fourth-order valence-electron chi connectivity index (χ4n) is 1.38. The molecule has 0 N–H and O–H groups in total. The standard InChI is InChI=1S/C9H11N3O3.Li/c13-9(14)7-5-11-8(6-10-7)12-1-3-15-4-2-12;/h5-6H,1-4H2,(H,13,14);/q;+1/p-1. The van der Waals surface area contributed by atoms with Gasteiger partial charge in [0.25, 0.3) is 0 Å². The number of carboxylic acid groups (broad SMARTS) is 1. The van der Waals surface area contributed by atoms with E-state index in [2.05, 4.69) is 9.97 Å². The molecule has 1 aromatic heterocycles. The van der Waals surface area contributed by atoms with E-state index in [9.17, 15) is 9.90 Å². The average Bonchev–Trinajstić information content (AvgIpc) is 2.30. The second-order valence-corrected chi connectivity index (χ2v) is 3.15. The normalized spacial score (nSPS) is 15.4. The number of hydrogen-bond acceptors (Lipinski definition) is 6. The first-order chi connectivity index (χ1) is 7.27. The first-order valence-corrected chi connectivity index (χ1v) is 4.63. The third-order valence-electron chi connectivity index (χ3n) is 2.18. The Labute approximate surface area is 105 Å². The van der Waals surface area contributed by atoms with E-state index >= 15 is 0 Å². The number of hydrogen-bond donors (Lipinski definition) is 0. The van der Waals surface area contributed by atoms with Gasteiger partial charge in [0.05, 0.1) is 31.6 Å². The van der Waals surface area contributed by atoms with E-state index in [4.69, 9.17) is 4.74 Å². The van der Waals surface area contributed by atoms with Crippen molar-refractivity contribution in [3.63, 3.8) is 0 Å². The van der Waals surface area contributed by atoms with E-state index in [1.807, 2.05) is 4.90 Å². The SMILES string of the molecule is O=C([O-])c1cnc(N2CCOCC2)cn1.[Li+]. The van der Waals surface area contributed by atoms with Crippen LogP contribution in [0.3, 0.4) is 0 Å². The number of ether oxygens (including phenoxy) is 1. The maximum atomic E-state index is 10.4. The molecular formula is C9H10LiN3O3. The zero-order chi connectivity index (χ0) is 10.7. The number of anilines is 1. The number of aromatic carboxylic acids is 1. The quantitative estimate of drug-likeness (QED) is 0.464. The molecule has 1 aliphatic heterocycles. The topological polar surface area (TPSA) is 78.4 Å². The molecular weight excluding hydrogens is 205 g/mol. The summed E-state index contributed by atoms with van der Waals surface area (Å²) in [4.78, 5) is 20.2. The molecule has 0 aromatic carbocycles. The van der Waals surface area contributed by atoms with Gasteiger partial charge in [-0.15, -0.1) is 0 Å². The van der Waals surface area contributed by atoms with Crippen LogP contribution >= 0.6 is 0 Å². The molecule has 0 radical (unpaired) electrons. The van der Waals surface area contributed by atoms with E-state index in [-0.39, 0.29) is 24.6 Å². The van der Waals surface area contributed by atoms with Crippen molar-refractivity contribution in [3.05, 3.63) is 18.1 Å². The molecule has 0 aliphatic carbocycles. The van der Waals surface area contributed by atoms with Gasteiger partial charge in [-0.1, -0.05) is 0 Å². The summed E-state index contributed by atoms with van der Waals surface area (Å²) < 4.78 is 5.19. The fraction of sp³-hybridized carbons (Fsp3) is 0.444. The van der Waals surface area contributed by atoms with Crippen LogP contribution in [-0.2, 0) is 4.74 Å². The summed E-state index contributed by atoms with van der Waals surface area (Å²) in [6.07, 6.45) is 2.65. The zero-order valence-corrected chi connectivity index (χ0v) is 9.05. The molecule has 16 heavy (non-hydrogen) atoms. The van der Waals surface area contributed by atoms with Gasteiger partial charge in [0, 0.05) is 13.1 Å². The molecule has 0 saturated carbocycles. The summed E-state index contributed by atoms with van der Waals surface area (Å²) in [5.74, 6) is -0.640. The molecule has 6 nitrogen and oxygen atoms in total. The van der Waals surface area contributed by atoms with E-state index in [0.717, 1.165) is 13.1 Å². The minimum absolute atomic E-state index is 0. The maximum absolute atomic E-state index is 10.4. The van der Waals surface area contributed by atoms with Crippen LogP contribution in [0.1, 0.15) is 10.5 Å². The summed E-state index contributed by atoms with van der Waals surface area (Å²) in [7, 11) is 0. The van der Waals surface area contributed by atoms with Gasteiger partial charge in [-0.25, -0.2) is 9.97 Å². The molecule has 0 unspecified atom stereocenters. The first-order valence-electron chi connectivity index (χ1n) is 4.63. The number of carbonyl (C=O) groups excluding carboxylic acids is 1. The third-order valence-corrected chi connectivity index (χ3v) is 2.18. The predicted octanol–water partition coefficient (Wildman–Crippen LogP) is -4.32. The Hall–Kier alpha value is -1.09. The van der Waals surface area contributed by atoms with Crippen LogP contribution in [0.4, 0.5) is 5.82 Å². The Morgan fingerprint density at radius 1 is 1.31 bits per heavy atom. The summed E-state index contributed by atoms with van der Waals surface area (Å²) in [6, 6.07) is 0. The van der Waals surface area contributed by atoms with Crippen LogP contribution in [0.15, 0.2) is 12.4 Å². The van der Waals surface area contributed by atoms with Crippen LogP contribution in [-0.4, -0.2) is 42.2 Å². The number of carboxylic acids is 1. The van der Waals surface area contributed by atoms with Gasteiger partial charge in [-0.3, -0.25) is 0 Å². The average molecular weight is 215 g/mol. The summed E-state index contributed by atoms with van der Waals surface area (Å²) in [6.45, 7) is 2.81. The second kappa shape index (κ2) is 5.85. The minimum Gasteiger partial charge on any atom is -0.543 e. The van der Waals surface area contributed by atoms with Crippen molar-refractivity contribution in [2.75, 3.05) is 31.2 Å². The number of nitrogens with zero attached hydrogens (tertiary/aromatic N) is 3. The van der Waals surface area contributed by atoms with Crippen LogP contribution < -0.4 is 28.9 Å². The van der Waals surface area contributed by atoms with Crippen LogP contribution in [0, 0.1) is 0 Å². The predicted molar refractivity (Wildman–Crippen MR) is 49.4 cm³/mol. The molecule has 2 heterocycles. The van der Waals surface area contributed by atoms with Gasteiger partial charge in [0.1, 0.15) is 11.5 Å². The van der Waals surface area contributed by atoms with Crippen molar-refractivity contribution >= 4 is 11.8 Å². The van der Waals surface area contributed by atoms with Gasteiger partial charge < -0.3 is 19.5 Å². The van der Waals surface area contributed by atoms with Crippen LogP contribution in [0.5, 0.6) is 0 Å². The van der Waals surface area contributed by atoms with Crippen molar-refractivity contribution in [3.8, 4) is 0 Å². The Bertz CT molecular complexity index is 352. The molecule has 80 valence electrons. The largest absolute Gasteiger partial charge is 1.00 e. The van der Waals surface area contributed by atoms with Gasteiger partial charge in [0.15, 0.2) is 0 Å². The van der Waals surface area contributed by atoms with Gasteiger partial charge >= 0.3 is 18.9 Å². The van der Waals surface area contributed by atoms with Crippen LogP contribution in [0.2, 0.25) is 0 Å². The molecule has 1 saturated heterocycles. The van der Waals surface area contributed by atoms with Crippen molar-refractivity contribution < 1.29 is 33.5 Å². The first kappa shape index (κ1) is 13.0. The molecule has 1 aliphatic rings. The zero-order valence-electron chi connectivity index (χ0n) is 9.05. The van der Waals surface area contributed by atoms with E-state index in [0.29, 0.717) is 19.0 Å².